The molecule has 2 nitrogen and oxygen atoms in total. The minimum absolute atomic E-state index is 0.0787. The fourth-order valence-corrected chi connectivity index (χ4v) is 3.64. The van der Waals surface area contributed by atoms with Gasteiger partial charge in [-0.05, 0) is 44.9 Å². The molecule has 15 heavy (non-hydrogen) atoms. The number of ether oxygens (including phenoxy) is 1. The van der Waals surface area contributed by atoms with Crippen LogP contribution in [0.3, 0.4) is 0 Å². The summed E-state index contributed by atoms with van der Waals surface area (Å²) in [6, 6.07) is 0. The second-order valence-electron chi connectivity index (χ2n) is 5.43. The molecule has 1 saturated heterocycles. The molecule has 2 aliphatic carbocycles. The van der Waals surface area contributed by atoms with Gasteiger partial charge in [-0.3, -0.25) is 0 Å². The fourth-order valence-electron chi connectivity index (χ4n) is 3.64. The molecule has 0 amide bonds. The third kappa shape index (κ3) is 1.24. The maximum Gasteiger partial charge on any atom is 0.129 e. The molecule has 1 saturated carbocycles. The molecular weight excluding hydrogens is 188 g/mol. The number of hydrogen-bond acceptors (Lipinski definition) is 2. The third-order valence-corrected chi connectivity index (χ3v) is 4.62. The summed E-state index contributed by atoms with van der Waals surface area (Å²) in [4.78, 5) is 11.5. The first-order chi connectivity index (χ1) is 7.24. The third-order valence-electron chi connectivity index (χ3n) is 4.62. The quantitative estimate of drug-likeness (QED) is 0.486. The molecule has 0 aromatic heterocycles. The van der Waals surface area contributed by atoms with Crippen LogP contribution in [0.5, 0.6) is 0 Å². The van der Waals surface area contributed by atoms with Crippen LogP contribution in [0, 0.1) is 11.3 Å². The first-order valence-corrected chi connectivity index (χ1v) is 6.04. The minimum atomic E-state index is -0.174. The van der Waals surface area contributed by atoms with Crippen LogP contribution in [0.4, 0.5) is 0 Å². The SMILES string of the molecule is CC1=C[C@H]2O[C@@H]3CC[C@@H](C3)[C@@]2(C=O)CC1. The molecule has 82 valence electrons. The predicted octanol–water partition coefficient (Wildman–Crippen LogP) is 2.48. The molecule has 2 fully saturated rings. The maximum absolute atomic E-state index is 11.5. The lowest BCUT2D eigenvalue weighted by atomic mass is 9.64. The van der Waals surface area contributed by atoms with Crippen molar-refractivity contribution >= 4 is 6.29 Å². The molecule has 4 atom stereocenters. The van der Waals surface area contributed by atoms with Crippen molar-refractivity contribution in [1.82, 2.24) is 0 Å². The molecule has 2 heteroatoms. The van der Waals surface area contributed by atoms with Crippen LogP contribution in [0.25, 0.3) is 0 Å². The van der Waals surface area contributed by atoms with Crippen molar-refractivity contribution in [3.8, 4) is 0 Å². The van der Waals surface area contributed by atoms with E-state index >= 15 is 0 Å². The molecule has 0 N–H and O–H groups in total. The van der Waals surface area contributed by atoms with Crippen LogP contribution in [-0.2, 0) is 9.53 Å². The number of hydrogen-bond donors (Lipinski definition) is 0. The summed E-state index contributed by atoms with van der Waals surface area (Å²) in [5, 5.41) is 0. The Balaban J connectivity index is 2.01. The van der Waals surface area contributed by atoms with E-state index in [2.05, 4.69) is 13.0 Å². The topological polar surface area (TPSA) is 26.3 Å². The molecule has 0 radical (unpaired) electrons. The number of aldehydes is 1. The molecule has 0 aromatic carbocycles. The van der Waals surface area contributed by atoms with Gasteiger partial charge in [-0.2, -0.15) is 0 Å². The van der Waals surface area contributed by atoms with Gasteiger partial charge in [0.2, 0.25) is 0 Å². The van der Waals surface area contributed by atoms with Gasteiger partial charge in [0.15, 0.2) is 0 Å². The van der Waals surface area contributed by atoms with Gasteiger partial charge >= 0.3 is 0 Å². The molecule has 0 aromatic rings. The van der Waals surface area contributed by atoms with Gasteiger partial charge in [0.1, 0.15) is 6.29 Å². The van der Waals surface area contributed by atoms with Crippen molar-refractivity contribution in [1.29, 1.82) is 0 Å². The Morgan fingerprint density at radius 2 is 2.40 bits per heavy atom. The average molecular weight is 206 g/mol. The highest BCUT2D eigenvalue weighted by Gasteiger charge is 2.53. The van der Waals surface area contributed by atoms with E-state index in [0.717, 1.165) is 25.7 Å². The van der Waals surface area contributed by atoms with Crippen LogP contribution in [0.2, 0.25) is 0 Å². The highest BCUT2D eigenvalue weighted by molar-refractivity contribution is 5.63. The van der Waals surface area contributed by atoms with Gasteiger partial charge in [-0.1, -0.05) is 11.6 Å². The Morgan fingerprint density at radius 3 is 3.20 bits per heavy atom. The second kappa shape index (κ2) is 3.18. The smallest absolute Gasteiger partial charge is 0.129 e. The van der Waals surface area contributed by atoms with Crippen LogP contribution in [0.1, 0.15) is 39.0 Å². The fraction of sp³-hybridized carbons (Fsp3) is 0.769. The van der Waals surface area contributed by atoms with E-state index in [1.807, 2.05) is 0 Å². The Morgan fingerprint density at radius 1 is 1.53 bits per heavy atom. The van der Waals surface area contributed by atoms with Crippen molar-refractivity contribution in [2.75, 3.05) is 0 Å². The molecular formula is C13H18O2. The largest absolute Gasteiger partial charge is 0.370 e. The summed E-state index contributed by atoms with van der Waals surface area (Å²) >= 11 is 0. The number of carbonyl (C=O) groups excluding carboxylic acids is 1. The van der Waals surface area contributed by atoms with E-state index < -0.39 is 0 Å². The van der Waals surface area contributed by atoms with E-state index in [0.29, 0.717) is 12.0 Å². The molecule has 3 rings (SSSR count). The predicted molar refractivity (Wildman–Crippen MR) is 57.5 cm³/mol. The number of rotatable bonds is 1. The summed E-state index contributed by atoms with van der Waals surface area (Å²) in [5.74, 6) is 0.586. The zero-order chi connectivity index (χ0) is 10.5. The summed E-state index contributed by atoms with van der Waals surface area (Å²) in [6.45, 7) is 2.15. The van der Waals surface area contributed by atoms with Crippen molar-refractivity contribution in [2.45, 2.75) is 51.2 Å². The van der Waals surface area contributed by atoms with E-state index in [4.69, 9.17) is 4.74 Å². The lowest BCUT2D eigenvalue weighted by molar-refractivity contribution is -0.145. The van der Waals surface area contributed by atoms with Crippen molar-refractivity contribution < 1.29 is 9.53 Å². The lowest BCUT2D eigenvalue weighted by Crippen LogP contribution is -2.49. The standard InChI is InChI=1S/C13H18O2/c1-9-4-5-13(8-14)10-2-3-11(7-10)15-12(13)6-9/h6,8,10-12H,2-5,7H2,1H3/t10-,11+,12+,13-/m0/s1. The summed E-state index contributed by atoms with van der Waals surface area (Å²) in [7, 11) is 0. The Hall–Kier alpha value is -0.630. The van der Waals surface area contributed by atoms with Gasteiger partial charge in [-0.25, -0.2) is 0 Å². The number of carbonyl (C=O) groups is 1. The van der Waals surface area contributed by atoms with E-state index in [9.17, 15) is 4.79 Å². The molecule has 0 unspecified atom stereocenters. The zero-order valence-corrected chi connectivity index (χ0v) is 9.24. The molecule has 2 bridgehead atoms. The first-order valence-electron chi connectivity index (χ1n) is 6.04. The summed E-state index contributed by atoms with van der Waals surface area (Å²) < 4.78 is 6.04. The van der Waals surface area contributed by atoms with Crippen LogP contribution < -0.4 is 0 Å². The van der Waals surface area contributed by atoms with Crippen molar-refractivity contribution in [2.24, 2.45) is 11.3 Å². The Labute approximate surface area is 90.7 Å². The minimum Gasteiger partial charge on any atom is -0.370 e. The normalized spacial score (nSPS) is 48.3. The summed E-state index contributed by atoms with van der Waals surface area (Å²) in [5.41, 5.74) is 1.21. The van der Waals surface area contributed by atoms with E-state index in [1.165, 1.54) is 18.3 Å². The monoisotopic (exact) mass is 206 g/mol. The molecule has 1 aliphatic heterocycles. The first kappa shape index (κ1) is 9.59. The highest BCUT2D eigenvalue weighted by Crippen LogP contribution is 2.53. The molecule has 3 aliphatic rings. The van der Waals surface area contributed by atoms with Crippen molar-refractivity contribution in [3.63, 3.8) is 0 Å². The van der Waals surface area contributed by atoms with Gasteiger partial charge in [0.05, 0.1) is 17.6 Å². The van der Waals surface area contributed by atoms with Crippen LogP contribution in [0.15, 0.2) is 11.6 Å². The van der Waals surface area contributed by atoms with Gasteiger partial charge in [-0.15, -0.1) is 0 Å². The van der Waals surface area contributed by atoms with E-state index in [-0.39, 0.29) is 11.5 Å². The lowest BCUT2D eigenvalue weighted by Gasteiger charge is -2.46. The van der Waals surface area contributed by atoms with Crippen LogP contribution >= 0.6 is 0 Å². The average Bonchev–Trinajstić information content (AvgIpc) is 2.63. The maximum atomic E-state index is 11.5. The van der Waals surface area contributed by atoms with E-state index in [1.54, 1.807) is 0 Å². The van der Waals surface area contributed by atoms with Crippen molar-refractivity contribution in [3.05, 3.63) is 11.6 Å². The van der Waals surface area contributed by atoms with Gasteiger partial charge in [0.25, 0.3) is 0 Å². The second-order valence-corrected chi connectivity index (χ2v) is 5.43. The highest BCUT2D eigenvalue weighted by atomic mass is 16.5. The summed E-state index contributed by atoms with van der Waals surface area (Å²) in [6.07, 6.45) is 9.43. The van der Waals surface area contributed by atoms with Gasteiger partial charge in [0, 0.05) is 0 Å². The molecule has 1 heterocycles. The van der Waals surface area contributed by atoms with Crippen LogP contribution in [-0.4, -0.2) is 18.5 Å². The zero-order valence-electron chi connectivity index (χ0n) is 9.24. The number of fused-ring (bicyclic) bond motifs is 4. The Bertz CT molecular complexity index is 320. The number of allylic oxidation sites excluding steroid dienone is 1. The Kier molecular flexibility index (Phi) is 2.03. The molecule has 0 spiro atoms. The van der Waals surface area contributed by atoms with Gasteiger partial charge < -0.3 is 9.53 Å².